The maximum atomic E-state index is 13.7. The van der Waals surface area contributed by atoms with Crippen molar-refractivity contribution in [3.05, 3.63) is 23.8 Å². The lowest BCUT2D eigenvalue weighted by molar-refractivity contribution is -0.167. The Bertz CT molecular complexity index is 990. The van der Waals surface area contributed by atoms with E-state index in [-0.39, 0.29) is 18.7 Å². The minimum atomic E-state index is -3.08. The molecule has 0 radical (unpaired) electrons. The molecule has 0 spiro atoms. The summed E-state index contributed by atoms with van der Waals surface area (Å²) in [6.07, 6.45) is -2.84. The number of carbonyl (C=O) groups excluding carboxylic acids is 2. The number of methoxy groups -OCH3 is 1. The Hall–Kier alpha value is -3.35. The van der Waals surface area contributed by atoms with Crippen LogP contribution >= 0.6 is 0 Å². The number of anilines is 1. The molecule has 1 aromatic carbocycles. The molecule has 0 aliphatic carbocycles. The van der Waals surface area contributed by atoms with Crippen molar-refractivity contribution >= 4 is 23.5 Å². The minimum Gasteiger partial charge on any atom is -0.490 e. The molecule has 5 atom stereocenters. The van der Waals surface area contributed by atoms with Crippen molar-refractivity contribution in [1.82, 2.24) is 5.32 Å². The molecule has 2 amide bonds. The molecular formula is C25H35F2N3O9. The normalized spacial score (nSPS) is 14.9. The van der Waals surface area contributed by atoms with Gasteiger partial charge in [0.25, 0.3) is 6.43 Å². The van der Waals surface area contributed by atoms with Crippen LogP contribution in [0.15, 0.2) is 18.2 Å². The van der Waals surface area contributed by atoms with Crippen LogP contribution in [0.5, 0.6) is 5.75 Å². The Labute approximate surface area is 224 Å². The number of aliphatic hydroxyl groups excluding tert-OH is 3. The molecule has 39 heavy (non-hydrogen) atoms. The van der Waals surface area contributed by atoms with Crippen LogP contribution < -0.4 is 21.1 Å². The molecule has 1 aromatic rings. The second kappa shape index (κ2) is 17.3. The van der Waals surface area contributed by atoms with Gasteiger partial charge in [0.2, 0.25) is 11.8 Å². The first kappa shape index (κ1) is 33.7. The Balaban J connectivity index is 2.80. The summed E-state index contributed by atoms with van der Waals surface area (Å²) in [6.45, 7) is -1.03. The van der Waals surface area contributed by atoms with Crippen LogP contribution in [0.25, 0.3) is 0 Å². The predicted octanol–water partition coefficient (Wildman–Crippen LogP) is 0.151. The van der Waals surface area contributed by atoms with E-state index in [1.54, 1.807) is 0 Å². The molecule has 218 valence electrons. The summed E-state index contributed by atoms with van der Waals surface area (Å²) in [7, 11) is 0.973. The first-order valence-corrected chi connectivity index (χ1v) is 12.0. The van der Waals surface area contributed by atoms with Crippen LogP contribution in [-0.4, -0.2) is 88.9 Å². The van der Waals surface area contributed by atoms with Gasteiger partial charge >= 0.3 is 5.97 Å². The van der Waals surface area contributed by atoms with Gasteiger partial charge in [-0.3, -0.25) is 9.59 Å². The number of carboxylic acids is 1. The number of nitrogens with two attached hydrogens (primary N) is 1. The van der Waals surface area contributed by atoms with Crippen molar-refractivity contribution in [2.75, 3.05) is 25.6 Å². The van der Waals surface area contributed by atoms with Crippen LogP contribution in [0, 0.1) is 12.3 Å². The van der Waals surface area contributed by atoms with Gasteiger partial charge in [-0.05, 0) is 31.0 Å². The number of terminal acetylenes is 1. The number of aliphatic carboxylic acids is 1. The molecule has 0 heterocycles. The molecule has 14 heteroatoms. The van der Waals surface area contributed by atoms with E-state index < -0.39 is 72.6 Å². The van der Waals surface area contributed by atoms with Gasteiger partial charge in [-0.15, -0.1) is 12.3 Å². The number of benzene rings is 1. The van der Waals surface area contributed by atoms with Crippen molar-refractivity contribution in [2.24, 2.45) is 5.73 Å². The molecule has 0 aliphatic heterocycles. The number of amides is 2. The zero-order chi connectivity index (χ0) is 29.5. The van der Waals surface area contributed by atoms with Crippen molar-refractivity contribution in [3.63, 3.8) is 0 Å². The molecular weight excluding hydrogens is 524 g/mol. The highest BCUT2D eigenvalue weighted by Gasteiger charge is 2.36. The number of alkyl halides is 2. The van der Waals surface area contributed by atoms with Gasteiger partial charge < -0.3 is 46.3 Å². The van der Waals surface area contributed by atoms with E-state index in [1.165, 1.54) is 6.07 Å². The fraction of sp³-hybridized carbons (Fsp3) is 0.560. The third-order valence-electron chi connectivity index (χ3n) is 5.59. The lowest BCUT2D eigenvalue weighted by Gasteiger charge is -2.26. The van der Waals surface area contributed by atoms with Crippen molar-refractivity contribution < 1.29 is 53.1 Å². The van der Waals surface area contributed by atoms with Crippen LogP contribution in [0.1, 0.15) is 44.1 Å². The van der Waals surface area contributed by atoms with Gasteiger partial charge in [0, 0.05) is 32.2 Å². The molecule has 5 unspecified atom stereocenters. The highest BCUT2D eigenvalue weighted by molar-refractivity contribution is 5.97. The van der Waals surface area contributed by atoms with E-state index in [0.29, 0.717) is 12.8 Å². The summed E-state index contributed by atoms with van der Waals surface area (Å²) >= 11 is 0. The van der Waals surface area contributed by atoms with E-state index in [4.69, 9.17) is 22.0 Å². The summed E-state index contributed by atoms with van der Waals surface area (Å²) < 4.78 is 37.1. The predicted molar refractivity (Wildman–Crippen MR) is 135 cm³/mol. The number of carboxylic acid groups (broad SMARTS) is 1. The first-order valence-electron chi connectivity index (χ1n) is 12.0. The summed E-state index contributed by atoms with van der Waals surface area (Å²) in [4.78, 5) is 35.7. The minimum absolute atomic E-state index is 0.0509. The SMILES string of the molecule is C#CCCCCCC(=O)NC(CN)C(=O)Nc1ccc(OCC(O)C(O)C(O)C(OC)C(=O)O)c(C(F)F)c1. The number of ether oxygens (including phenoxy) is 2. The van der Waals surface area contributed by atoms with E-state index in [2.05, 4.69) is 21.3 Å². The third kappa shape index (κ3) is 11.1. The number of rotatable bonds is 18. The van der Waals surface area contributed by atoms with Crippen molar-refractivity contribution in [1.29, 1.82) is 0 Å². The van der Waals surface area contributed by atoms with E-state index in [9.17, 15) is 38.5 Å². The number of aliphatic hydroxyl groups is 3. The first-order chi connectivity index (χ1) is 18.5. The Kier molecular flexibility index (Phi) is 14.9. The quantitative estimate of drug-likeness (QED) is 0.0959. The topological polar surface area (TPSA) is 201 Å². The summed E-state index contributed by atoms with van der Waals surface area (Å²) in [5, 5.41) is 43.8. The number of halogens is 2. The van der Waals surface area contributed by atoms with Gasteiger partial charge in [0.15, 0.2) is 6.10 Å². The zero-order valence-corrected chi connectivity index (χ0v) is 21.4. The molecule has 0 aromatic heterocycles. The molecule has 8 N–H and O–H groups in total. The summed E-state index contributed by atoms with van der Waals surface area (Å²) in [5.41, 5.74) is 4.87. The van der Waals surface area contributed by atoms with Gasteiger partial charge in [-0.2, -0.15) is 0 Å². The summed E-state index contributed by atoms with van der Waals surface area (Å²) in [5.74, 6) is -0.627. The second-order valence-corrected chi connectivity index (χ2v) is 8.52. The van der Waals surface area contributed by atoms with Crippen molar-refractivity contribution in [3.8, 4) is 18.1 Å². The van der Waals surface area contributed by atoms with Gasteiger partial charge in [0.1, 0.15) is 36.7 Å². The summed E-state index contributed by atoms with van der Waals surface area (Å²) in [6, 6.07) is 2.11. The Morgan fingerprint density at radius 3 is 2.38 bits per heavy atom. The van der Waals surface area contributed by atoms with Crippen LogP contribution in [0.3, 0.4) is 0 Å². The molecule has 12 nitrogen and oxygen atoms in total. The van der Waals surface area contributed by atoms with Gasteiger partial charge in [0.05, 0.1) is 5.56 Å². The highest BCUT2D eigenvalue weighted by Crippen LogP contribution is 2.32. The zero-order valence-electron chi connectivity index (χ0n) is 21.4. The van der Waals surface area contributed by atoms with Crippen LogP contribution in [0.2, 0.25) is 0 Å². The molecule has 0 saturated carbocycles. The van der Waals surface area contributed by atoms with Gasteiger partial charge in [-0.25, -0.2) is 13.6 Å². The maximum Gasteiger partial charge on any atom is 0.335 e. The largest absolute Gasteiger partial charge is 0.490 e. The van der Waals surface area contributed by atoms with Crippen LogP contribution in [0.4, 0.5) is 14.5 Å². The molecule has 1 rings (SSSR count). The maximum absolute atomic E-state index is 13.7. The van der Waals surface area contributed by atoms with E-state index >= 15 is 0 Å². The molecule has 0 bridgehead atoms. The Morgan fingerprint density at radius 2 is 1.82 bits per heavy atom. The fourth-order valence-corrected chi connectivity index (χ4v) is 3.41. The van der Waals surface area contributed by atoms with Gasteiger partial charge in [-0.1, -0.05) is 6.42 Å². The van der Waals surface area contributed by atoms with E-state index in [0.717, 1.165) is 32.1 Å². The van der Waals surface area contributed by atoms with Crippen molar-refractivity contribution in [2.45, 2.75) is 69.0 Å². The third-order valence-corrected chi connectivity index (χ3v) is 5.59. The monoisotopic (exact) mass is 559 g/mol. The lowest BCUT2D eigenvalue weighted by Crippen LogP contribution is -2.50. The second-order valence-electron chi connectivity index (χ2n) is 8.52. The van der Waals surface area contributed by atoms with Crippen LogP contribution in [-0.2, 0) is 19.1 Å². The smallest absolute Gasteiger partial charge is 0.335 e. The lowest BCUT2D eigenvalue weighted by atomic mass is 10.0. The molecule has 0 saturated heterocycles. The highest BCUT2D eigenvalue weighted by atomic mass is 19.3. The fourth-order valence-electron chi connectivity index (χ4n) is 3.41. The number of unbranched alkanes of at least 4 members (excludes halogenated alkanes) is 3. The number of nitrogens with one attached hydrogen (secondary N) is 2. The number of hydrogen-bond donors (Lipinski definition) is 7. The number of hydrogen-bond acceptors (Lipinski definition) is 9. The standard InChI is InChI=1S/C25H35F2N3O9/c1-3-4-5-6-7-8-19(32)30-16(12-28)24(35)29-14-9-10-18(15(11-14)23(26)27)39-13-17(31)20(33)21(34)22(38-2)25(36)37/h1,9-11,16-17,20-23,31,33-34H,4-8,12-13,28H2,2H3,(H,29,35)(H,30,32)(H,36,37). The Morgan fingerprint density at radius 1 is 1.13 bits per heavy atom. The van der Waals surface area contributed by atoms with E-state index in [1.807, 2.05) is 0 Å². The average Bonchev–Trinajstić information content (AvgIpc) is 2.90. The average molecular weight is 560 g/mol. The number of carbonyl (C=O) groups is 3. The molecule has 0 aliphatic rings. The molecule has 0 fully saturated rings.